The summed E-state index contributed by atoms with van der Waals surface area (Å²) in [4.78, 5) is 0. The van der Waals surface area contributed by atoms with Gasteiger partial charge in [0.1, 0.15) is 0 Å². The van der Waals surface area contributed by atoms with E-state index in [0.717, 1.165) is 0 Å². The van der Waals surface area contributed by atoms with Crippen molar-refractivity contribution in [3.63, 3.8) is 0 Å². The van der Waals surface area contributed by atoms with E-state index in [1.165, 1.54) is 11.1 Å². The van der Waals surface area contributed by atoms with Gasteiger partial charge in [0, 0.05) is 23.8 Å². The number of aromatic nitrogens is 1. The maximum Gasteiger partial charge on any atom is 0.213 e. The van der Waals surface area contributed by atoms with Gasteiger partial charge in [0.15, 0.2) is 12.4 Å². The van der Waals surface area contributed by atoms with Gasteiger partial charge in [-0.1, -0.05) is 0 Å². The molecule has 12 heavy (non-hydrogen) atoms. The lowest BCUT2D eigenvalue weighted by molar-refractivity contribution is -0.512. The van der Waals surface area contributed by atoms with E-state index in [4.69, 9.17) is 0 Å². The van der Waals surface area contributed by atoms with Gasteiger partial charge in [0.2, 0.25) is 5.52 Å². The van der Waals surface area contributed by atoms with E-state index in [9.17, 15) is 0 Å². The molecule has 0 spiro atoms. The average molecular weight is 224 g/mol. The summed E-state index contributed by atoms with van der Waals surface area (Å²) in [6.07, 6.45) is 4.12. The Balaban J connectivity index is 0.000000720. The molecule has 0 fully saturated rings. The minimum atomic E-state index is 0. The molecule has 2 rings (SSSR count). The number of fused-ring (bicyclic) bond motifs is 1. The maximum absolute atomic E-state index is 2.12. The summed E-state index contributed by atoms with van der Waals surface area (Å²) >= 11 is 0. The normalized spacial score (nSPS) is 9.42. The molecular formula is C10H10BrN. The van der Waals surface area contributed by atoms with Crippen molar-refractivity contribution >= 4 is 5.52 Å². The van der Waals surface area contributed by atoms with Gasteiger partial charge in [-0.3, -0.25) is 0 Å². The van der Waals surface area contributed by atoms with Crippen LogP contribution in [0.5, 0.6) is 0 Å². The SMILES string of the molecule is Cc1ccc[n+]2ccccc12.[Br-]. The van der Waals surface area contributed by atoms with Crippen molar-refractivity contribution in [1.29, 1.82) is 0 Å². The molecule has 2 heterocycles. The molecule has 0 aliphatic carbocycles. The Labute approximate surface area is 82.4 Å². The van der Waals surface area contributed by atoms with Crippen molar-refractivity contribution in [2.45, 2.75) is 6.92 Å². The second kappa shape index (κ2) is 3.68. The van der Waals surface area contributed by atoms with E-state index < -0.39 is 0 Å². The topological polar surface area (TPSA) is 4.10 Å². The fraction of sp³-hybridized carbons (Fsp3) is 0.100. The molecule has 0 saturated heterocycles. The Morgan fingerprint density at radius 2 is 1.75 bits per heavy atom. The molecule has 0 saturated carbocycles. The van der Waals surface area contributed by atoms with Crippen molar-refractivity contribution in [2.24, 2.45) is 0 Å². The smallest absolute Gasteiger partial charge is 0.213 e. The largest absolute Gasteiger partial charge is 1.00 e. The first-order valence-electron chi connectivity index (χ1n) is 3.73. The molecule has 0 N–H and O–H groups in total. The summed E-state index contributed by atoms with van der Waals surface area (Å²) in [6, 6.07) is 10.4. The Morgan fingerprint density at radius 1 is 1.00 bits per heavy atom. The maximum atomic E-state index is 2.12. The number of halogens is 1. The molecule has 2 heteroatoms. The summed E-state index contributed by atoms with van der Waals surface area (Å²) in [7, 11) is 0. The van der Waals surface area contributed by atoms with Crippen LogP contribution in [0.2, 0.25) is 0 Å². The van der Waals surface area contributed by atoms with Crippen molar-refractivity contribution in [3.8, 4) is 0 Å². The molecule has 0 unspecified atom stereocenters. The Morgan fingerprint density at radius 3 is 2.50 bits per heavy atom. The van der Waals surface area contributed by atoms with Crippen LogP contribution in [-0.4, -0.2) is 0 Å². The van der Waals surface area contributed by atoms with Crippen LogP contribution >= 0.6 is 0 Å². The number of nitrogens with zero attached hydrogens (tertiary/aromatic N) is 1. The van der Waals surface area contributed by atoms with Gasteiger partial charge in [-0.15, -0.1) is 0 Å². The number of hydrogen-bond donors (Lipinski definition) is 0. The van der Waals surface area contributed by atoms with Crippen molar-refractivity contribution < 1.29 is 21.4 Å². The Hall–Kier alpha value is -0.890. The standard InChI is InChI=1S/C10H10N.BrH/c1-9-5-4-8-11-7-3-2-6-10(9)11;/h2-8H,1H3;1H/q+1;/p-1. The molecule has 0 aliphatic heterocycles. The third kappa shape index (κ3) is 1.48. The van der Waals surface area contributed by atoms with Gasteiger partial charge in [-0.2, -0.15) is 4.40 Å². The van der Waals surface area contributed by atoms with Crippen molar-refractivity contribution in [1.82, 2.24) is 0 Å². The molecule has 0 aromatic carbocycles. The molecule has 0 bridgehead atoms. The number of pyridine rings is 2. The molecule has 0 radical (unpaired) electrons. The highest BCUT2D eigenvalue weighted by Gasteiger charge is 2.00. The third-order valence-corrected chi connectivity index (χ3v) is 1.89. The highest BCUT2D eigenvalue weighted by Crippen LogP contribution is 2.01. The highest BCUT2D eigenvalue weighted by atomic mass is 79.9. The monoisotopic (exact) mass is 223 g/mol. The Kier molecular flexibility index (Phi) is 2.82. The molecule has 62 valence electrons. The predicted molar refractivity (Wildman–Crippen MR) is 44.3 cm³/mol. The lowest BCUT2D eigenvalue weighted by Gasteiger charge is -1.91. The van der Waals surface area contributed by atoms with Crippen LogP contribution in [0.25, 0.3) is 5.52 Å². The molecule has 2 aromatic heterocycles. The fourth-order valence-electron chi connectivity index (χ4n) is 1.29. The lowest BCUT2D eigenvalue weighted by Crippen LogP contribution is -3.00. The van der Waals surface area contributed by atoms with E-state index in [-0.39, 0.29) is 17.0 Å². The molecular weight excluding hydrogens is 214 g/mol. The first kappa shape index (κ1) is 9.20. The van der Waals surface area contributed by atoms with E-state index in [1.807, 2.05) is 6.07 Å². The Bertz CT molecular complexity index is 379. The van der Waals surface area contributed by atoms with Crippen LogP contribution in [0.15, 0.2) is 42.7 Å². The van der Waals surface area contributed by atoms with Gasteiger partial charge >= 0.3 is 0 Å². The quantitative estimate of drug-likeness (QED) is 0.492. The van der Waals surface area contributed by atoms with Crippen LogP contribution < -0.4 is 21.4 Å². The predicted octanol–water partition coefficient (Wildman–Crippen LogP) is -1.26. The van der Waals surface area contributed by atoms with E-state index in [0.29, 0.717) is 0 Å². The number of hydrogen-bond acceptors (Lipinski definition) is 0. The minimum absolute atomic E-state index is 0. The first-order chi connectivity index (χ1) is 5.38. The molecule has 1 nitrogen and oxygen atoms in total. The van der Waals surface area contributed by atoms with Gasteiger partial charge < -0.3 is 17.0 Å². The van der Waals surface area contributed by atoms with Gasteiger partial charge in [0.05, 0.1) is 0 Å². The van der Waals surface area contributed by atoms with Crippen LogP contribution in [0.1, 0.15) is 5.56 Å². The first-order valence-corrected chi connectivity index (χ1v) is 3.73. The molecule has 0 amide bonds. The summed E-state index contributed by atoms with van der Waals surface area (Å²) in [5.41, 5.74) is 2.59. The lowest BCUT2D eigenvalue weighted by atomic mass is 10.2. The molecule has 2 aromatic rings. The van der Waals surface area contributed by atoms with Crippen molar-refractivity contribution in [2.75, 3.05) is 0 Å². The van der Waals surface area contributed by atoms with Crippen LogP contribution in [0.4, 0.5) is 0 Å². The summed E-state index contributed by atoms with van der Waals surface area (Å²) in [5.74, 6) is 0. The number of aryl methyl sites for hydroxylation is 1. The fourth-order valence-corrected chi connectivity index (χ4v) is 1.29. The molecule has 0 atom stereocenters. The summed E-state index contributed by atoms with van der Waals surface area (Å²) in [6.45, 7) is 2.12. The highest BCUT2D eigenvalue weighted by molar-refractivity contribution is 5.46. The van der Waals surface area contributed by atoms with Gasteiger partial charge in [-0.25, -0.2) is 0 Å². The van der Waals surface area contributed by atoms with E-state index in [2.05, 4.69) is 48.0 Å². The van der Waals surface area contributed by atoms with Crippen LogP contribution in [0.3, 0.4) is 0 Å². The zero-order chi connectivity index (χ0) is 7.68. The van der Waals surface area contributed by atoms with E-state index in [1.54, 1.807) is 0 Å². The third-order valence-electron chi connectivity index (χ3n) is 1.89. The average Bonchev–Trinajstić information content (AvgIpc) is 2.06. The summed E-state index contributed by atoms with van der Waals surface area (Å²) < 4.78 is 2.12. The second-order valence-electron chi connectivity index (χ2n) is 2.68. The zero-order valence-corrected chi connectivity index (χ0v) is 8.45. The zero-order valence-electron chi connectivity index (χ0n) is 6.87. The van der Waals surface area contributed by atoms with Crippen LogP contribution in [0, 0.1) is 6.92 Å². The van der Waals surface area contributed by atoms with Gasteiger partial charge in [0.25, 0.3) is 0 Å². The van der Waals surface area contributed by atoms with Crippen LogP contribution in [-0.2, 0) is 0 Å². The number of rotatable bonds is 0. The molecule has 0 aliphatic rings. The second-order valence-corrected chi connectivity index (χ2v) is 2.68. The van der Waals surface area contributed by atoms with Gasteiger partial charge in [-0.05, 0) is 19.1 Å². The van der Waals surface area contributed by atoms with E-state index >= 15 is 0 Å². The van der Waals surface area contributed by atoms with Crippen molar-refractivity contribution in [3.05, 3.63) is 48.3 Å². The minimum Gasteiger partial charge on any atom is -1.00 e. The summed E-state index contributed by atoms with van der Waals surface area (Å²) in [5, 5.41) is 0.